The summed E-state index contributed by atoms with van der Waals surface area (Å²) >= 11 is 0. The van der Waals surface area contributed by atoms with Crippen LogP contribution in [0.5, 0.6) is 5.75 Å². The van der Waals surface area contributed by atoms with Gasteiger partial charge in [-0.25, -0.2) is 0 Å². The molecule has 2 amide bonds. The number of hydrogen-bond acceptors (Lipinski definition) is 4. The zero-order valence-corrected chi connectivity index (χ0v) is 15.5. The van der Waals surface area contributed by atoms with Gasteiger partial charge in [-0.3, -0.25) is 14.5 Å². The zero-order chi connectivity index (χ0) is 18.2. The molecule has 1 unspecified atom stereocenters. The molecule has 1 atom stereocenters. The van der Waals surface area contributed by atoms with E-state index in [1.165, 1.54) is 0 Å². The number of nitrogens with one attached hydrogen (secondary N) is 1. The monoisotopic (exact) mass is 347 g/mol. The highest BCUT2D eigenvalue weighted by molar-refractivity contribution is 5.94. The summed E-state index contributed by atoms with van der Waals surface area (Å²) in [5, 5.41) is 2.96. The largest absolute Gasteiger partial charge is 0.494 e. The van der Waals surface area contributed by atoms with Crippen LogP contribution in [-0.2, 0) is 9.59 Å². The van der Waals surface area contributed by atoms with Gasteiger partial charge in [0.1, 0.15) is 5.75 Å². The molecule has 1 aliphatic heterocycles. The van der Waals surface area contributed by atoms with Crippen molar-refractivity contribution in [1.29, 1.82) is 0 Å². The maximum Gasteiger partial charge on any atom is 0.241 e. The number of nitrogens with zero attached hydrogens (tertiary/aromatic N) is 2. The second-order valence-electron chi connectivity index (χ2n) is 6.25. The van der Waals surface area contributed by atoms with Gasteiger partial charge < -0.3 is 15.0 Å². The van der Waals surface area contributed by atoms with Gasteiger partial charge in [0.25, 0.3) is 0 Å². The van der Waals surface area contributed by atoms with Gasteiger partial charge in [0, 0.05) is 38.3 Å². The smallest absolute Gasteiger partial charge is 0.241 e. The minimum absolute atomic E-state index is 0.0283. The third-order valence-corrected chi connectivity index (χ3v) is 4.55. The van der Waals surface area contributed by atoms with Crippen molar-refractivity contribution >= 4 is 17.5 Å². The number of hydrogen-bond donors (Lipinski definition) is 1. The van der Waals surface area contributed by atoms with E-state index in [0.717, 1.165) is 37.5 Å². The Morgan fingerprint density at radius 3 is 2.48 bits per heavy atom. The van der Waals surface area contributed by atoms with Crippen molar-refractivity contribution in [2.24, 2.45) is 0 Å². The fourth-order valence-corrected chi connectivity index (χ4v) is 3.01. The van der Waals surface area contributed by atoms with E-state index < -0.39 is 0 Å². The minimum Gasteiger partial charge on any atom is -0.494 e. The van der Waals surface area contributed by atoms with E-state index in [4.69, 9.17) is 4.74 Å². The maximum absolute atomic E-state index is 12.5. The SMILES string of the molecule is CCOc1ccc(NC(=O)C(C)N2CCCN(C(=O)CC)CC2)cc1. The summed E-state index contributed by atoms with van der Waals surface area (Å²) in [6.45, 7) is 9.38. The van der Waals surface area contributed by atoms with Gasteiger partial charge >= 0.3 is 0 Å². The molecule has 0 bridgehead atoms. The number of carbonyl (C=O) groups is 2. The van der Waals surface area contributed by atoms with Crippen molar-refractivity contribution in [2.45, 2.75) is 39.7 Å². The van der Waals surface area contributed by atoms with Crippen LogP contribution in [0.2, 0.25) is 0 Å². The first-order valence-electron chi connectivity index (χ1n) is 9.10. The van der Waals surface area contributed by atoms with Gasteiger partial charge in [0.2, 0.25) is 11.8 Å². The second-order valence-corrected chi connectivity index (χ2v) is 6.25. The fraction of sp³-hybridized carbons (Fsp3) is 0.579. The molecule has 138 valence electrons. The van der Waals surface area contributed by atoms with Crippen LogP contribution in [0.15, 0.2) is 24.3 Å². The van der Waals surface area contributed by atoms with E-state index in [0.29, 0.717) is 19.6 Å². The lowest BCUT2D eigenvalue weighted by Crippen LogP contribution is -2.44. The van der Waals surface area contributed by atoms with Crippen molar-refractivity contribution in [1.82, 2.24) is 9.80 Å². The van der Waals surface area contributed by atoms with Gasteiger partial charge in [0.15, 0.2) is 0 Å². The Balaban J connectivity index is 1.89. The molecule has 1 fully saturated rings. The van der Waals surface area contributed by atoms with Crippen LogP contribution in [0.25, 0.3) is 0 Å². The highest BCUT2D eigenvalue weighted by Crippen LogP contribution is 2.17. The average Bonchev–Trinajstić information content (AvgIpc) is 2.88. The molecule has 0 spiro atoms. The van der Waals surface area contributed by atoms with Crippen molar-refractivity contribution in [3.05, 3.63) is 24.3 Å². The van der Waals surface area contributed by atoms with Crippen LogP contribution in [0.1, 0.15) is 33.6 Å². The third kappa shape index (κ3) is 5.46. The van der Waals surface area contributed by atoms with Crippen molar-refractivity contribution < 1.29 is 14.3 Å². The highest BCUT2D eigenvalue weighted by atomic mass is 16.5. The Labute approximate surface area is 150 Å². The lowest BCUT2D eigenvalue weighted by atomic mass is 10.2. The topological polar surface area (TPSA) is 61.9 Å². The van der Waals surface area contributed by atoms with Gasteiger partial charge in [-0.1, -0.05) is 6.92 Å². The van der Waals surface area contributed by atoms with Crippen LogP contribution in [-0.4, -0.2) is 60.4 Å². The van der Waals surface area contributed by atoms with Gasteiger partial charge in [-0.15, -0.1) is 0 Å². The molecule has 1 N–H and O–H groups in total. The summed E-state index contributed by atoms with van der Waals surface area (Å²) in [5.74, 6) is 0.953. The van der Waals surface area contributed by atoms with Crippen LogP contribution in [0, 0.1) is 0 Å². The molecule has 0 saturated carbocycles. The van der Waals surface area contributed by atoms with E-state index >= 15 is 0 Å². The molecule has 0 radical (unpaired) electrons. The number of amides is 2. The standard InChI is InChI=1S/C19H29N3O3/c1-4-18(23)22-12-6-11-21(13-14-22)15(3)19(24)20-16-7-9-17(10-8-16)25-5-2/h7-10,15H,4-6,11-14H2,1-3H3,(H,20,24). The Morgan fingerprint density at radius 1 is 1.12 bits per heavy atom. The summed E-state index contributed by atoms with van der Waals surface area (Å²) in [7, 11) is 0. The van der Waals surface area contributed by atoms with E-state index in [1.807, 2.05) is 49.9 Å². The molecule has 25 heavy (non-hydrogen) atoms. The van der Waals surface area contributed by atoms with Crippen LogP contribution < -0.4 is 10.1 Å². The molecule has 1 heterocycles. The highest BCUT2D eigenvalue weighted by Gasteiger charge is 2.25. The molecular formula is C19H29N3O3. The molecule has 2 rings (SSSR count). The lowest BCUT2D eigenvalue weighted by molar-refractivity contribution is -0.130. The molecule has 0 aliphatic carbocycles. The van der Waals surface area contributed by atoms with E-state index in [1.54, 1.807) is 0 Å². The van der Waals surface area contributed by atoms with Crippen molar-refractivity contribution in [3.63, 3.8) is 0 Å². The summed E-state index contributed by atoms with van der Waals surface area (Å²) in [5.41, 5.74) is 0.762. The molecular weight excluding hydrogens is 318 g/mol. The normalized spacial score (nSPS) is 16.8. The van der Waals surface area contributed by atoms with E-state index in [2.05, 4.69) is 10.2 Å². The van der Waals surface area contributed by atoms with E-state index in [9.17, 15) is 9.59 Å². The van der Waals surface area contributed by atoms with Gasteiger partial charge in [-0.05, 0) is 44.5 Å². The van der Waals surface area contributed by atoms with Crippen LogP contribution in [0.4, 0.5) is 5.69 Å². The summed E-state index contributed by atoms with van der Waals surface area (Å²) in [6.07, 6.45) is 1.43. The number of ether oxygens (including phenoxy) is 1. The number of anilines is 1. The molecule has 6 heteroatoms. The Kier molecular flexibility index (Phi) is 7.25. The molecule has 0 aromatic heterocycles. The van der Waals surface area contributed by atoms with Crippen molar-refractivity contribution in [2.75, 3.05) is 38.1 Å². The van der Waals surface area contributed by atoms with Gasteiger partial charge in [-0.2, -0.15) is 0 Å². The lowest BCUT2D eigenvalue weighted by Gasteiger charge is -2.27. The molecule has 1 saturated heterocycles. The minimum atomic E-state index is -0.233. The summed E-state index contributed by atoms with van der Waals surface area (Å²) in [4.78, 5) is 28.5. The predicted molar refractivity (Wildman–Crippen MR) is 98.8 cm³/mol. The quantitative estimate of drug-likeness (QED) is 0.858. The summed E-state index contributed by atoms with van der Waals surface area (Å²) < 4.78 is 5.41. The number of carbonyl (C=O) groups excluding carboxylic acids is 2. The Hall–Kier alpha value is -2.08. The summed E-state index contributed by atoms with van der Waals surface area (Å²) in [6, 6.07) is 7.16. The van der Waals surface area contributed by atoms with Crippen molar-refractivity contribution in [3.8, 4) is 5.75 Å². The predicted octanol–water partition coefficient (Wildman–Crippen LogP) is 2.36. The first-order chi connectivity index (χ1) is 12.0. The molecule has 1 aromatic carbocycles. The van der Waals surface area contributed by atoms with Crippen LogP contribution in [0.3, 0.4) is 0 Å². The maximum atomic E-state index is 12.5. The zero-order valence-electron chi connectivity index (χ0n) is 15.5. The average molecular weight is 347 g/mol. The van der Waals surface area contributed by atoms with Crippen LogP contribution >= 0.6 is 0 Å². The first kappa shape index (κ1) is 19.2. The second kappa shape index (κ2) is 9.42. The number of rotatable bonds is 6. The van der Waals surface area contributed by atoms with E-state index in [-0.39, 0.29) is 17.9 Å². The molecule has 1 aromatic rings. The Morgan fingerprint density at radius 2 is 1.84 bits per heavy atom. The fourth-order valence-electron chi connectivity index (χ4n) is 3.01. The third-order valence-electron chi connectivity index (χ3n) is 4.55. The number of benzene rings is 1. The molecule has 1 aliphatic rings. The molecule has 6 nitrogen and oxygen atoms in total. The Bertz CT molecular complexity index is 574. The first-order valence-corrected chi connectivity index (χ1v) is 9.10. The van der Waals surface area contributed by atoms with Gasteiger partial charge in [0.05, 0.1) is 12.6 Å².